The van der Waals surface area contributed by atoms with Gasteiger partial charge in [-0.05, 0) is 123 Å². The lowest BCUT2D eigenvalue weighted by molar-refractivity contribution is -0.135. The van der Waals surface area contributed by atoms with E-state index >= 15 is 8.78 Å². The van der Waals surface area contributed by atoms with E-state index in [1.807, 2.05) is 74.8 Å². The molecule has 3 amide bonds. The highest BCUT2D eigenvalue weighted by Gasteiger charge is 2.55. The van der Waals surface area contributed by atoms with Crippen LogP contribution in [0.5, 0.6) is 0 Å². The van der Waals surface area contributed by atoms with Gasteiger partial charge >= 0.3 is 12.2 Å². The fraction of sp³-hybridized carbons (Fsp3) is 0.468. The van der Waals surface area contributed by atoms with Crippen LogP contribution in [-0.2, 0) is 20.2 Å². The van der Waals surface area contributed by atoms with E-state index in [-0.39, 0.29) is 58.5 Å². The third-order valence-corrected chi connectivity index (χ3v) is 13.7. The van der Waals surface area contributed by atoms with Crippen molar-refractivity contribution in [1.82, 2.24) is 35.1 Å². The summed E-state index contributed by atoms with van der Waals surface area (Å²) < 4.78 is 43.8. The molecule has 12 nitrogen and oxygen atoms in total. The van der Waals surface area contributed by atoms with Crippen LogP contribution in [0.4, 0.5) is 18.4 Å². The number of aromatic amines is 2. The summed E-state index contributed by atoms with van der Waals surface area (Å²) in [6.07, 6.45) is 6.30. The zero-order chi connectivity index (χ0) is 42.7. The summed E-state index contributed by atoms with van der Waals surface area (Å²) in [7, 11) is 1.27. The maximum atomic E-state index is 16.6. The third kappa shape index (κ3) is 6.64. The Balaban J connectivity index is 0.901. The lowest BCUT2D eigenvalue weighted by Crippen LogP contribution is -2.51. The Morgan fingerprint density at radius 1 is 0.918 bits per heavy atom. The summed E-state index contributed by atoms with van der Waals surface area (Å²) in [5.74, 6) is -2.03. The van der Waals surface area contributed by atoms with E-state index in [0.717, 1.165) is 60.9 Å². The van der Waals surface area contributed by atoms with E-state index in [0.29, 0.717) is 40.3 Å². The number of hydrogen-bond acceptors (Lipinski definition) is 7. The summed E-state index contributed by atoms with van der Waals surface area (Å²) in [6.45, 7) is 9.93. The number of alkyl halides is 2. The minimum atomic E-state index is -3.26. The first-order chi connectivity index (χ1) is 29.0. The average molecular weight is 832 g/mol. The van der Waals surface area contributed by atoms with Crippen LogP contribution in [0.25, 0.3) is 44.5 Å². The Bertz CT molecular complexity index is 2610. The Labute approximate surface area is 352 Å². The molecule has 5 atom stereocenters. The van der Waals surface area contributed by atoms with Crippen LogP contribution in [0.15, 0.2) is 60.8 Å². The summed E-state index contributed by atoms with van der Waals surface area (Å²) in [6, 6.07) is 14.9. The van der Waals surface area contributed by atoms with Gasteiger partial charge in [0.05, 0.1) is 42.1 Å². The quantitative estimate of drug-likeness (QED) is 0.148. The largest absolute Gasteiger partial charge is 0.453 e. The standard InChI is InChI=1S/C47H51F2N7O5/c1-24(2)38(54-43(58)60-6)42(57)55-23-46(15-16-46)21-37(55)40-50-22-36(53-40)27-9-13-31-30-12-8-25(18-32(30)47(48,49)33(31)19-27)26-10-14-34-35(20-26)52-41(51-34)39-28-7-11-29(17-28)56(39)44(59)61-45(3,4)5/h8-10,12-14,18-20,22,24,28-29,37-39H,7,11,15-17,21,23H2,1-6H3,(H,50,53)(H,51,52)(H,54,58)/t28-,29-,37+,38+,39+/m1/s1. The SMILES string of the molecule is COC(=O)N[C@H](C(=O)N1CC2(CC2)C[C@H]1c1ncc(-c2ccc3c(c2)C(F)(F)c2cc(-c4ccc5nc([C@@H]6[C@@H]7CC[C@H](C7)N6C(=O)OC(C)(C)C)[nH]c5c4)ccc2-3)[nH]1)C(C)C. The van der Waals surface area contributed by atoms with Crippen LogP contribution in [0.3, 0.4) is 0 Å². The molecule has 2 bridgehead atoms. The zero-order valence-electron chi connectivity index (χ0n) is 35.3. The van der Waals surface area contributed by atoms with Crippen molar-refractivity contribution in [3.05, 3.63) is 83.6 Å². The molecule has 3 N–H and O–H groups in total. The van der Waals surface area contributed by atoms with E-state index in [1.54, 1.807) is 24.4 Å². The number of amides is 3. The number of hydrogen-bond donors (Lipinski definition) is 3. The van der Waals surface area contributed by atoms with E-state index < -0.39 is 23.7 Å². The van der Waals surface area contributed by atoms with E-state index in [1.165, 1.54) is 13.2 Å². The molecule has 4 fully saturated rings. The topological polar surface area (TPSA) is 146 Å². The number of imidazole rings is 2. The van der Waals surface area contributed by atoms with Crippen LogP contribution in [0.2, 0.25) is 0 Å². The monoisotopic (exact) mass is 831 g/mol. The lowest BCUT2D eigenvalue weighted by Gasteiger charge is -2.35. The first-order valence-corrected chi connectivity index (χ1v) is 21.4. The number of rotatable bonds is 7. The van der Waals surface area contributed by atoms with E-state index in [4.69, 9.17) is 19.4 Å². The van der Waals surface area contributed by atoms with Crippen LogP contribution in [0.1, 0.15) is 108 Å². The number of ether oxygens (including phenoxy) is 2. The van der Waals surface area contributed by atoms with Gasteiger partial charge in [0, 0.05) is 29.3 Å². The summed E-state index contributed by atoms with van der Waals surface area (Å²) >= 11 is 0. The minimum Gasteiger partial charge on any atom is -0.453 e. The third-order valence-electron chi connectivity index (χ3n) is 13.7. The lowest BCUT2D eigenvalue weighted by atomic mass is 9.98. The molecule has 0 unspecified atom stereocenters. The molecule has 5 aliphatic rings. The number of aromatic nitrogens is 4. The number of alkyl carbamates (subject to hydrolysis) is 1. The van der Waals surface area contributed by atoms with Crippen molar-refractivity contribution in [2.24, 2.45) is 17.3 Å². The van der Waals surface area contributed by atoms with Gasteiger partial charge < -0.3 is 29.7 Å². The van der Waals surface area contributed by atoms with Gasteiger partial charge in [-0.25, -0.2) is 19.6 Å². The van der Waals surface area contributed by atoms with Crippen molar-refractivity contribution in [3.63, 3.8) is 0 Å². The van der Waals surface area contributed by atoms with Crippen molar-refractivity contribution >= 4 is 29.1 Å². The molecule has 2 aromatic heterocycles. The number of fused-ring (bicyclic) bond motifs is 6. The second kappa shape index (κ2) is 13.9. The maximum Gasteiger partial charge on any atom is 0.411 e. The molecule has 2 saturated heterocycles. The van der Waals surface area contributed by atoms with Gasteiger partial charge in [0.2, 0.25) is 5.91 Å². The van der Waals surface area contributed by atoms with Crippen molar-refractivity contribution in [3.8, 4) is 33.5 Å². The van der Waals surface area contributed by atoms with Crippen LogP contribution in [0, 0.1) is 17.3 Å². The molecule has 61 heavy (non-hydrogen) atoms. The molecular weight excluding hydrogens is 781 g/mol. The van der Waals surface area contributed by atoms with Crippen LogP contribution in [-0.4, -0.2) is 79.2 Å². The number of methoxy groups -OCH3 is 1. The van der Waals surface area contributed by atoms with Gasteiger partial charge in [-0.3, -0.25) is 9.69 Å². The molecule has 3 aliphatic carbocycles. The average Bonchev–Trinajstić information content (AvgIpc) is 3.87. The normalized spacial score (nSPS) is 23.4. The number of likely N-dealkylation sites (tertiary alicyclic amines) is 2. The number of nitrogens with zero attached hydrogens (tertiary/aromatic N) is 4. The van der Waals surface area contributed by atoms with Gasteiger partial charge in [0.1, 0.15) is 23.3 Å². The fourth-order valence-electron chi connectivity index (χ4n) is 10.4. The van der Waals surface area contributed by atoms with Crippen molar-refractivity contribution < 1.29 is 32.6 Å². The first-order valence-electron chi connectivity index (χ1n) is 21.4. The second-order valence-corrected chi connectivity index (χ2v) is 19.2. The van der Waals surface area contributed by atoms with Crippen molar-refractivity contribution in [1.29, 1.82) is 0 Å². The molecule has 3 aromatic carbocycles. The Kier molecular flexibility index (Phi) is 8.95. The molecule has 4 heterocycles. The molecular formula is C47H51F2N7O5. The highest BCUT2D eigenvalue weighted by Crippen LogP contribution is 2.59. The number of carbonyl (C=O) groups excluding carboxylic acids is 3. The first kappa shape index (κ1) is 39.4. The molecule has 2 saturated carbocycles. The Morgan fingerprint density at radius 3 is 2.30 bits per heavy atom. The van der Waals surface area contributed by atoms with E-state index in [9.17, 15) is 14.4 Å². The number of carbonyl (C=O) groups is 3. The second-order valence-electron chi connectivity index (χ2n) is 19.2. The molecule has 14 heteroatoms. The van der Waals surface area contributed by atoms with Crippen LogP contribution < -0.4 is 5.32 Å². The maximum absolute atomic E-state index is 16.6. The van der Waals surface area contributed by atoms with Gasteiger partial charge in [0.25, 0.3) is 5.92 Å². The minimum absolute atomic E-state index is 0.0215. The highest BCUT2D eigenvalue weighted by atomic mass is 19.3. The number of piperidine rings is 1. The van der Waals surface area contributed by atoms with E-state index in [2.05, 4.69) is 15.3 Å². The smallest absolute Gasteiger partial charge is 0.411 e. The number of H-pyrrole nitrogens is 2. The van der Waals surface area contributed by atoms with Gasteiger partial charge in [-0.1, -0.05) is 44.2 Å². The fourth-order valence-corrected chi connectivity index (χ4v) is 10.4. The summed E-state index contributed by atoms with van der Waals surface area (Å²) in [5.41, 5.74) is 4.32. The van der Waals surface area contributed by atoms with Crippen molar-refractivity contribution in [2.45, 2.75) is 109 Å². The highest BCUT2D eigenvalue weighted by molar-refractivity contribution is 5.88. The zero-order valence-corrected chi connectivity index (χ0v) is 35.3. The molecule has 318 valence electrons. The Morgan fingerprint density at radius 2 is 1.61 bits per heavy atom. The molecule has 2 aliphatic heterocycles. The van der Waals surface area contributed by atoms with Gasteiger partial charge in [-0.15, -0.1) is 0 Å². The Hall–Kier alpha value is -5.79. The molecule has 1 spiro atoms. The summed E-state index contributed by atoms with van der Waals surface area (Å²) in [5, 5.41) is 2.70. The number of halogens is 2. The predicted molar refractivity (Wildman–Crippen MR) is 224 cm³/mol. The molecule has 5 aromatic rings. The summed E-state index contributed by atoms with van der Waals surface area (Å²) in [4.78, 5) is 59.6. The van der Waals surface area contributed by atoms with Crippen LogP contribution >= 0.6 is 0 Å². The molecule has 0 radical (unpaired) electrons. The van der Waals surface area contributed by atoms with Gasteiger partial charge in [0.15, 0.2) is 0 Å². The van der Waals surface area contributed by atoms with Crippen molar-refractivity contribution in [2.75, 3.05) is 13.7 Å². The number of nitrogens with one attached hydrogen (secondary N) is 3. The van der Waals surface area contributed by atoms with Gasteiger partial charge in [-0.2, -0.15) is 8.78 Å². The predicted octanol–water partition coefficient (Wildman–Crippen LogP) is 9.64. The molecule has 10 rings (SSSR count). The number of benzene rings is 3.